The quantitative estimate of drug-likeness (QED) is 0.467. The fraction of sp³-hybridized carbons (Fsp3) is 0.435. The molecule has 0 N–H and O–H groups in total. The zero-order valence-corrected chi connectivity index (χ0v) is 21.3. The second kappa shape index (κ2) is 11.5. The molecule has 0 bridgehead atoms. The molecule has 13 heteroatoms. The Morgan fingerprint density at radius 2 is 1.83 bits per heavy atom. The van der Waals surface area contributed by atoms with Gasteiger partial charge in [-0.2, -0.15) is 13.2 Å². The van der Waals surface area contributed by atoms with Crippen LogP contribution < -0.4 is 4.90 Å². The van der Waals surface area contributed by atoms with Crippen LogP contribution in [0.4, 0.5) is 23.7 Å². The summed E-state index contributed by atoms with van der Waals surface area (Å²) in [5, 5.41) is 6.62. The summed E-state index contributed by atoms with van der Waals surface area (Å²) in [5.74, 6) is -1.88. The molecule has 0 aliphatic carbocycles. The van der Waals surface area contributed by atoms with E-state index in [-0.39, 0.29) is 60.4 Å². The molecule has 2 heterocycles. The molecule has 2 amide bonds. The van der Waals surface area contributed by atoms with Gasteiger partial charge in [-0.1, -0.05) is 55.8 Å². The van der Waals surface area contributed by atoms with Crippen LogP contribution in [0.5, 0.6) is 0 Å². The van der Waals surface area contributed by atoms with E-state index < -0.39 is 21.9 Å². The number of alkyl halides is 3. The number of halogens is 4. The summed E-state index contributed by atoms with van der Waals surface area (Å²) in [6.45, 7) is 4.05. The Hall–Kier alpha value is -2.86. The molecule has 2 aromatic rings. The van der Waals surface area contributed by atoms with Gasteiger partial charge in [-0.3, -0.25) is 4.90 Å². The lowest BCUT2D eigenvalue weighted by Crippen LogP contribution is -2.50. The molecule has 1 saturated heterocycles. The third-order valence-corrected chi connectivity index (χ3v) is 7.25. The SMILES string of the molecule is CC(C)/C=C(CN(C(=O)N1CCS(=O)(=O)CC1)c1ccccc1)\C(Cl)=C/Cc1nnc(C(F)(F)F)o1. The summed E-state index contributed by atoms with van der Waals surface area (Å²) in [6.07, 6.45) is -1.59. The first-order valence-corrected chi connectivity index (χ1v) is 13.3. The number of sulfone groups is 1. The molecular weight excluding hydrogens is 521 g/mol. The minimum absolute atomic E-state index is 0.0373. The monoisotopic (exact) mass is 546 g/mol. The van der Waals surface area contributed by atoms with Crippen LogP contribution in [-0.2, 0) is 22.4 Å². The lowest BCUT2D eigenvalue weighted by atomic mass is 10.1. The van der Waals surface area contributed by atoms with E-state index in [0.717, 1.165) is 0 Å². The fourth-order valence-electron chi connectivity index (χ4n) is 3.49. The lowest BCUT2D eigenvalue weighted by molar-refractivity contribution is -0.157. The number of aromatic nitrogens is 2. The average Bonchev–Trinajstić information content (AvgIpc) is 3.30. The summed E-state index contributed by atoms with van der Waals surface area (Å²) >= 11 is 6.55. The third-order valence-electron chi connectivity index (χ3n) is 5.25. The average molecular weight is 547 g/mol. The molecule has 1 fully saturated rings. The Bertz CT molecular complexity index is 1210. The highest BCUT2D eigenvalue weighted by atomic mass is 35.5. The molecule has 0 saturated carbocycles. The third kappa shape index (κ3) is 7.57. The highest BCUT2D eigenvalue weighted by Crippen LogP contribution is 2.28. The van der Waals surface area contributed by atoms with E-state index in [1.807, 2.05) is 19.9 Å². The number of hydrogen-bond donors (Lipinski definition) is 0. The maximum atomic E-state index is 13.5. The Morgan fingerprint density at radius 1 is 1.19 bits per heavy atom. The topological polar surface area (TPSA) is 96.6 Å². The van der Waals surface area contributed by atoms with Crippen molar-refractivity contribution in [3.63, 3.8) is 0 Å². The van der Waals surface area contributed by atoms with Gasteiger partial charge in [-0.25, -0.2) is 13.2 Å². The molecule has 1 aromatic carbocycles. The van der Waals surface area contributed by atoms with Crippen LogP contribution in [0.1, 0.15) is 25.6 Å². The molecule has 0 unspecified atom stereocenters. The zero-order chi connectivity index (χ0) is 26.5. The number of amides is 2. The molecular formula is C23H26ClF3N4O4S. The van der Waals surface area contributed by atoms with Gasteiger partial charge in [0.25, 0.3) is 0 Å². The van der Waals surface area contributed by atoms with Crippen molar-refractivity contribution in [3.05, 3.63) is 64.9 Å². The number of hydrogen-bond acceptors (Lipinski definition) is 6. The van der Waals surface area contributed by atoms with Crippen molar-refractivity contribution < 1.29 is 30.8 Å². The molecule has 1 aromatic heterocycles. The molecule has 1 aliphatic rings. The first-order valence-electron chi connectivity index (χ1n) is 11.1. The van der Waals surface area contributed by atoms with Gasteiger partial charge >= 0.3 is 18.1 Å². The molecule has 0 radical (unpaired) electrons. The molecule has 36 heavy (non-hydrogen) atoms. The molecule has 8 nitrogen and oxygen atoms in total. The first kappa shape index (κ1) is 27.7. The predicted molar refractivity (Wildman–Crippen MR) is 129 cm³/mol. The van der Waals surface area contributed by atoms with Crippen LogP contribution in [0, 0.1) is 5.92 Å². The second-order valence-electron chi connectivity index (χ2n) is 8.53. The lowest BCUT2D eigenvalue weighted by Gasteiger charge is -2.33. The molecule has 3 rings (SSSR count). The van der Waals surface area contributed by atoms with Crippen LogP contribution in [0.15, 0.2) is 57.5 Å². The number of rotatable bonds is 7. The molecule has 0 atom stereocenters. The normalized spacial score (nSPS) is 16.9. The van der Waals surface area contributed by atoms with Crippen molar-refractivity contribution in [2.45, 2.75) is 26.4 Å². The van der Waals surface area contributed by atoms with Crippen molar-refractivity contribution in [2.75, 3.05) is 36.0 Å². The molecule has 1 aliphatic heterocycles. The summed E-state index contributed by atoms with van der Waals surface area (Å²) < 4.78 is 66.5. The highest BCUT2D eigenvalue weighted by molar-refractivity contribution is 7.91. The smallest absolute Gasteiger partial charge is 0.417 e. The Balaban J connectivity index is 1.86. The van der Waals surface area contributed by atoms with Gasteiger partial charge in [0.1, 0.15) is 0 Å². The number of allylic oxidation sites excluding steroid dienone is 2. The fourth-order valence-corrected chi connectivity index (χ4v) is 4.89. The van der Waals surface area contributed by atoms with E-state index in [4.69, 9.17) is 11.6 Å². The zero-order valence-electron chi connectivity index (χ0n) is 19.7. The van der Waals surface area contributed by atoms with Crippen LogP contribution in [0.25, 0.3) is 0 Å². The van der Waals surface area contributed by atoms with Crippen molar-refractivity contribution >= 4 is 33.2 Å². The van der Waals surface area contributed by atoms with E-state index in [1.54, 1.807) is 30.3 Å². The second-order valence-corrected chi connectivity index (χ2v) is 11.2. The minimum atomic E-state index is -4.74. The number of urea groups is 1. The van der Waals surface area contributed by atoms with Crippen molar-refractivity contribution in [2.24, 2.45) is 5.92 Å². The predicted octanol–water partition coefficient (Wildman–Crippen LogP) is 4.69. The Kier molecular flexibility index (Phi) is 8.83. The van der Waals surface area contributed by atoms with Crippen LogP contribution in [-0.4, -0.2) is 60.7 Å². The highest BCUT2D eigenvalue weighted by Gasteiger charge is 2.38. The van der Waals surface area contributed by atoms with E-state index in [9.17, 15) is 26.4 Å². The Morgan fingerprint density at radius 3 is 2.39 bits per heavy atom. The van der Waals surface area contributed by atoms with Crippen LogP contribution in [0.3, 0.4) is 0 Å². The van der Waals surface area contributed by atoms with Gasteiger partial charge in [-0.05, 0) is 23.6 Å². The first-order chi connectivity index (χ1) is 16.9. The minimum Gasteiger partial charge on any atom is -0.417 e. The molecule has 196 valence electrons. The summed E-state index contributed by atoms with van der Waals surface area (Å²) in [5.41, 5.74) is 1.14. The summed E-state index contributed by atoms with van der Waals surface area (Å²) in [4.78, 5) is 16.4. The van der Waals surface area contributed by atoms with Gasteiger partial charge in [0.15, 0.2) is 9.84 Å². The van der Waals surface area contributed by atoms with E-state index in [0.29, 0.717) is 11.3 Å². The Labute approximate surface area is 212 Å². The number of carbonyl (C=O) groups is 1. The van der Waals surface area contributed by atoms with Gasteiger partial charge in [0.2, 0.25) is 5.89 Å². The van der Waals surface area contributed by atoms with Gasteiger partial charge in [0.05, 0.1) is 18.1 Å². The van der Waals surface area contributed by atoms with E-state index in [1.165, 1.54) is 15.9 Å². The van der Waals surface area contributed by atoms with Crippen LogP contribution in [0.2, 0.25) is 0 Å². The maximum absolute atomic E-state index is 13.5. The van der Waals surface area contributed by atoms with E-state index in [2.05, 4.69) is 14.6 Å². The largest absolute Gasteiger partial charge is 0.470 e. The summed E-state index contributed by atoms with van der Waals surface area (Å²) in [6, 6.07) is 8.47. The van der Waals surface area contributed by atoms with Gasteiger partial charge < -0.3 is 9.32 Å². The number of benzene rings is 1. The van der Waals surface area contributed by atoms with E-state index >= 15 is 0 Å². The molecule has 0 spiro atoms. The number of para-hydroxylation sites is 1. The van der Waals surface area contributed by atoms with Crippen molar-refractivity contribution in [3.8, 4) is 0 Å². The van der Waals surface area contributed by atoms with Crippen molar-refractivity contribution in [1.29, 1.82) is 0 Å². The standard InChI is InChI=1S/C23H26ClF3N4O4S/c1-16(2)14-17(19(24)8-9-20-28-29-21(35-20)23(25,26)27)15-31(18-6-4-3-5-7-18)22(32)30-10-12-36(33,34)13-11-30/h3-8,14,16H,9-13,15H2,1-2H3/b17-14-,19-8+. The number of anilines is 1. The van der Waals surface area contributed by atoms with Gasteiger partial charge in [-0.15, -0.1) is 10.2 Å². The summed E-state index contributed by atoms with van der Waals surface area (Å²) in [7, 11) is -3.18. The maximum Gasteiger partial charge on any atom is 0.470 e. The van der Waals surface area contributed by atoms with Crippen LogP contribution >= 0.6 is 11.6 Å². The van der Waals surface area contributed by atoms with Gasteiger partial charge in [0, 0.05) is 30.2 Å². The number of nitrogens with zero attached hydrogens (tertiary/aromatic N) is 4. The number of carbonyl (C=O) groups excluding carboxylic acids is 1. The van der Waals surface area contributed by atoms with Crippen molar-refractivity contribution in [1.82, 2.24) is 15.1 Å².